The first-order valence-electron chi connectivity index (χ1n) is 7.30. The van der Waals surface area contributed by atoms with Crippen LogP contribution in [-0.4, -0.2) is 37.7 Å². The van der Waals surface area contributed by atoms with E-state index in [2.05, 4.69) is 15.6 Å². The van der Waals surface area contributed by atoms with Crippen LogP contribution >= 0.6 is 0 Å². The number of nitrogens with zero attached hydrogens (tertiary/aromatic N) is 1. The summed E-state index contributed by atoms with van der Waals surface area (Å²) in [6.45, 7) is 1.35. The van der Waals surface area contributed by atoms with Crippen LogP contribution in [0.25, 0.3) is 0 Å². The van der Waals surface area contributed by atoms with Gasteiger partial charge in [0, 0.05) is 31.3 Å². The van der Waals surface area contributed by atoms with Gasteiger partial charge in [-0.1, -0.05) is 0 Å². The Morgan fingerprint density at radius 1 is 1.38 bits per heavy atom. The summed E-state index contributed by atoms with van der Waals surface area (Å²) < 4.78 is 10.6. The normalized spacial score (nSPS) is 13.8. The number of rotatable bonds is 9. The molecule has 21 heavy (non-hydrogen) atoms. The maximum atomic E-state index is 11.5. The molecule has 2 N–H and O–H groups in total. The minimum absolute atomic E-state index is 0.149. The molecule has 0 spiro atoms. The highest BCUT2D eigenvalue weighted by Crippen LogP contribution is 2.28. The first-order chi connectivity index (χ1) is 10.2. The van der Waals surface area contributed by atoms with Gasteiger partial charge in [-0.15, -0.1) is 0 Å². The van der Waals surface area contributed by atoms with Crippen molar-refractivity contribution in [2.45, 2.75) is 38.3 Å². The zero-order chi connectivity index (χ0) is 15.1. The predicted molar refractivity (Wildman–Crippen MR) is 79.4 cm³/mol. The number of methoxy groups -OCH3 is 2. The van der Waals surface area contributed by atoms with Gasteiger partial charge in [0.25, 0.3) is 0 Å². The minimum Gasteiger partial charge on any atom is -0.493 e. The van der Waals surface area contributed by atoms with Gasteiger partial charge in [0.05, 0.1) is 19.9 Å². The molecule has 0 unspecified atom stereocenters. The topological polar surface area (TPSA) is 72.5 Å². The van der Waals surface area contributed by atoms with Crippen molar-refractivity contribution in [3.63, 3.8) is 0 Å². The first-order valence-corrected chi connectivity index (χ1v) is 7.30. The summed E-state index contributed by atoms with van der Waals surface area (Å²) >= 11 is 0. The molecule has 1 aliphatic rings. The number of hydrogen-bond donors (Lipinski definition) is 2. The van der Waals surface area contributed by atoms with Crippen LogP contribution in [0.1, 0.15) is 31.4 Å². The van der Waals surface area contributed by atoms with E-state index in [1.54, 1.807) is 26.5 Å². The van der Waals surface area contributed by atoms with Gasteiger partial charge in [-0.05, 0) is 25.8 Å². The van der Waals surface area contributed by atoms with E-state index < -0.39 is 0 Å². The van der Waals surface area contributed by atoms with Gasteiger partial charge in [0.15, 0.2) is 11.5 Å². The lowest BCUT2D eigenvalue weighted by Gasteiger charge is -2.12. The van der Waals surface area contributed by atoms with Crippen LogP contribution in [0.2, 0.25) is 0 Å². The smallest absolute Gasteiger partial charge is 0.220 e. The Balaban J connectivity index is 1.69. The number of ether oxygens (including phenoxy) is 2. The van der Waals surface area contributed by atoms with E-state index in [4.69, 9.17) is 9.47 Å². The molecule has 6 heteroatoms. The third-order valence-corrected chi connectivity index (χ3v) is 3.36. The quantitative estimate of drug-likeness (QED) is 0.670. The molecule has 0 radical (unpaired) electrons. The summed E-state index contributed by atoms with van der Waals surface area (Å²) in [6, 6.07) is 2.21. The van der Waals surface area contributed by atoms with Crippen molar-refractivity contribution >= 4 is 5.91 Å². The van der Waals surface area contributed by atoms with Crippen molar-refractivity contribution in [2.75, 3.05) is 20.8 Å². The Labute approximate surface area is 125 Å². The number of pyridine rings is 1. The molecule has 116 valence electrons. The number of amides is 1. The van der Waals surface area contributed by atoms with Crippen LogP contribution < -0.4 is 20.1 Å². The van der Waals surface area contributed by atoms with E-state index >= 15 is 0 Å². The SMILES string of the molecule is COc1ccnc(CNCCCC(=O)NC2CC2)c1OC. The fourth-order valence-electron chi connectivity index (χ4n) is 2.08. The molecule has 1 fully saturated rings. The Kier molecular flexibility index (Phi) is 5.80. The van der Waals surface area contributed by atoms with Gasteiger partial charge in [0.1, 0.15) is 0 Å². The lowest BCUT2D eigenvalue weighted by atomic mass is 10.2. The second-order valence-corrected chi connectivity index (χ2v) is 5.12. The molecular formula is C15H23N3O3. The summed E-state index contributed by atoms with van der Waals surface area (Å²) in [6.07, 6.45) is 5.33. The standard InChI is InChI=1S/C15H23N3O3/c1-20-13-7-9-17-12(15(13)21-2)10-16-8-3-4-14(19)18-11-5-6-11/h7,9,11,16H,3-6,8,10H2,1-2H3,(H,18,19). The lowest BCUT2D eigenvalue weighted by Crippen LogP contribution is -2.26. The van der Waals surface area contributed by atoms with Gasteiger partial charge >= 0.3 is 0 Å². The van der Waals surface area contributed by atoms with E-state index in [1.807, 2.05) is 0 Å². The average Bonchev–Trinajstić information content (AvgIpc) is 3.30. The molecule has 0 aliphatic heterocycles. The Morgan fingerprint density at radius 2 is 2.19 bits per heavy atom. The molecule has 1 aromatic heterocycles. The van der Waals surface area contributed by atoms with E-state index in [1.165, 1.54) is 0 Å². The first kappa shape index (κ1) is 15.6. The van der Waals surface area contributed by atoms with Crippen molar-refractivity contribution in [2.24, 2.45) is 0 Å². The second-order valence-electron chi connectivity index (χ2n) is 5.12. The Bertz CT molecular complexity index is 475. The molecule has 1 aromatic rings. The van der Waals surface area contributed by atoms with Gasteiger partial charge in [-0.25, -0.2) is 0 Å². The van der Waals surface area contributed by atoms with Crippen molar-refractivity contribution in [1.82, 2.24) is 15.6 Å². The maximum Gasteiger partial charge on any atom is 0.220 e. The van der Waals surface area contributed by atoms with Gasteiger partial charge in [-0.3, -0.25) is 9.78 Å². The molecule has 1 amide bonds. The molecule has 1 heterocycles. The minimum atomic E-state index is 0.149. The fraction of sp³-hybridized carbons (Fsp3) is 0.600. The van der Waals surface area contributed by atoms with Gasteiger partial charge in [0.2, 0.25) is 5.91 Å². The highest BCUT2D eigenvalue weighted by Gasteiger charge is 2.22. The molecule has 6 nitrogen and oxygen atoms in total. The second kappa shape index (κ2) is 7.83. The highest BCUT2D eigenvalue weighted by atomic mass is 16.5. The summed E-state index contributed by atoms with van der Waals surface area (Å²) in [7, 11) is 3.21. The zero-order valence-corrected chi connectivity index (χ0v) is 12.6. The van der Waals surface area contributed by atoms with Crippen LogP contribution in [0.15, 0.2) is 12.3 Å². The molecule has 0 saturated heterocycles. The van der Waals surface area contributed by atoms with E-state index in [-0.39, 0.29) is 5.91 Å². The monoisotopic (exact) mass is 293 g/mol. The molecule has 0 bridgehead atoms. The summed E-state index contributed by atoms with van der Waals surface area (Å²) in [4.78, 5) is 15.8. The largest absolute Gasteiger partial charge is 0.493 e. The summed E-state index contributed by atoms with van der Waals surface area (Å²) in [5.74, 6) is 1.48. The molecule has 0 atom stereocenters. The average molecular weight is 293 g/mol. The van der Waals surface area contributed by atoms with Crippen LogP contribution in [0, 0.1) is 0 Å². The summed E-state index contributed by atoms with van der Waals surface area (Å²) in [5, 5.41) is 6.25. The Morgan fingerprint density at radius 3 is 2.86 bits per heavy atom. The molecule has 2 rings (SSSR count). The number of aromatic nitrogens is 1. The zero-order valence-electron chi connectivity index (χ0n) is 12.6. The predicted octanol–water partition coefficient (Wildman–Crippen LogP) is 1.25. The molecule has 0 aromatic carbocycles. The van der Waals surface area contributed by atoms with Gasteiger partial charge < -0.3 is 20.1 Å². The van der Waals surface area contributed by atoms with Gasteiger partial charge in [-0.2, -0.15) is 0 Å². The van der Waals surface area contributed by atoms with E-state index in [0.29, 0.717) is 30.5 Å². The van der Waals surface area contributed by atoms with Crippen molar-refractivity contribution in [3.8, 4) is 11.5 Å². The van der Waals surface area contributed by atoms with Crippen LogP contribution in [0.3, 0.4) is 0 Å². The number of nitrogens with one attached hydrogen (secondary N) is 2. The van der Waals surface area contributed by atoms with E-state index in [0.717, 1.165) is 31.5 Å². The van der Waals surface area contributed by atoms with Crippen LogP contribution in [-0.2, 0) is 11.3 Å². The molecule has 1 saturated carbocycles. The number of hydrogen-bond acceptors (Lipinski definition) is 5. The lowest BCUT2D eigenvalue weighted by molar-refractivity contribution is -0.121. The number of carbonyl (C=O) groups excluding carboxylic acids is 1. The highest BCUT2D eigenvalue weighted by molar-refractivity contribution is 5.76. The third-order valence-electron chi connectivity index (χ3n) is 3.36. The van der Waals surface area contributed by atoms with Crippen LogP contribution in [0.4, 0.5) is 0 Å². The fourth-order valence-corrected chi connectivity index (χ4v) is 2.08. The molecular weight excluding hydrogens is 270 g/mol. The third kappa shape index (κ3) is 4.90. The van der Waals surface area contributed by atoms with Crippen molar-refractivity contribution < 1.29 is 14.3 Å². The van der Waals surface area contributed by atoms with E-state index in [9.17, 15) is 4.79 Å². The molecule has 1 aliphatic carbocycles. The maximum absolute atomic E-state index is 11.5. The number of carbonyl (C=O) groups is 1. The van der Waals surface area contributed by atoms with Crippen molar-refractivity contribution in [3.05, 3.63) is 18.0 Å². The van der Waals surface area contributed by atoms with Crippen molar-refractivity contribution in [1.29, 1.82) is 0 Å². The summed E-state index contributed by atoms with van der Waals surface area (Å²) in [5.41, 5.74) is 0.805. The van der Waals surface area contributed by atoms with Crippen LogP contribution in [0.5, 0.6) is 11.5 Å². The Hall–Kier alpha value is -1.82.